The standard InChI is InChI=1S/C15H14N2O3/c1-18-9-4-5-10-11(6-9)17-13-8-15(20-3)14(19-2)7-12(13)16-10/h4-8H,1-3H3. The van der Waals surface area contributed by atoms with Crippen LogP contribution in [0.1, 0.15) is 0 Å². The fourth-order valence-corrected chi connectivity index (χ4v) is 2.11. The third-order valence-corrected chi connectivity index (χ3v) is 3.15. The van der Waals surface area contributed by atoms with Gasteiger partial charge >= 0.3 is 0 Å². The van der Waals surface area contributed by atoms with Crippen molar-refractivity contribution in [1.82, 2.24) is 9.97 Å². The van der Waals surface area contributed by atoms with Gasteiger partial charge in [-0.2, -0.15) is 0 Å². The average Bonchev–Trinajstić information content (AvgIpc) is 2.50. The van der Waals surface area contributed by atoms with Gasteiger partial charge in [-0.3, -0.25) is 0 Å². The van der Waals surface area contributed by atoms with Crippen molar-refractivity contribution in [1.29, 1.82) is 0 Å². The highest BCUT2D eigenvalue weighted by Gasteiger charge is 2.09. The molecule has 0 saturated heterocycles. The van der Waals surface area contributed by atoms with Crippen molar-refractivity contribution in [3.8, 4) is 17.2 Å². The third kappa shape index (κ3) is 1.97. The van der Waals surface area contributed by atoms with Crippen molar-refractivity contribution in [3.63, 3.8) is 0 Å². The molecular weight excluding hydrogens is 256 g/mol. The topological polar surface area (TPSA) is 53.5 Å². The van der Waals surface area contributed by atoms with Gasteiger partial charge in [0.2, 0.25) is 0 Å². The number of aromatic nitrogens is 2. The number of fused-ring (bicyclic) bond motifs is 2. The number of benzene rings is 2. The zero-order valence-corrected chi connectivity index (χ0v) is 11.5. The molecule has 2 aromatic carbocycles. The van der Waals surface area contributed by atoms with Gasteiger partial charge in [-0.05, 0) is 12.1 Å². The molecule has 20 heavy (non-hydrogen) atoms. The van der Waals surface area contributed by atoms with Crippen LogP contribution >= 0.6 is 0 Å². The first kappa shape index (κ1) is 12.5. The number of hydrogen-bond acceptors (Lipinski definition) is 5. The van der Waals surface area contributed by atoms with Crippen molar-refractivity contribution < 1.29 is 14.2 Å². The Morgan fingerprint density at radius 2 is 1.20 bits per heavy atom. The minimum Gasteiger partial charge on any atom is -0.497 e. The number of ether oxygens (including phenoxy) is 3. The molecule has 0 unspecified atom stereocenters. The van der Waals surface area contributed by atoms with Gasteiger partial charge in [-0.15, -0.1) is 0 Å². The second-order valence-corrected chi connectivity index (χ2v) is 4.27. The zero-order chi connectivity index (χ0) is 14.1. The Kier molecular flexibility index (Phi) is 3.02. The summed E-state index contributed by atoms with van der Waals surface area (Å²) in [5.41, 5.74) is 3.11. The van der Waals surface area contributed by atoms with E-state index in [0.29, 0.717) is 11.5 Å². The van der Waals surface area contributed by atoms with E-state index in [0.717, 1.165) is 27.8 Å². The quantitative estimate of drug-likeness (QED) is 0.685. The van der Waals surface area contributed by atoms with E-state index >= 15 is 0 Å². The summed E-state index contributed by atoms with van der Waals surface area (Å²) in [4.78, 5) is 9.18. The number of methoxy groups -OCH3 is 3. The molecule has 3 rings (SSSR count). The predicted octanol–water partition coefficient (Wildman–Crippen LogP) is 2.81. The number of hydrogen-bond donors (Lipinski definition) is 0. The molecule has 0 spiro atoms. The molecule has 5 heteroatoms. The Hall–Kier alpha value is -2.56. The van der Waals surface area contributed by atoms with E-state index < -0.39 is 0 Å². The van der Waals surface area contributed by atoms with Gasteiger partial charge < -0.3 is 14.2 Å². The largest absolute Gasteiger partial charge is 0.497 e. The zero-order valence-electron chi connectivity index (χ0n) is 11.5. The van der Waals surface area contributed by atoms with Crippen LogP contribution in [-0.2, 0) is 0 Å². The van der Waals surface area contributed by atoms with Gasteiger partial charge in [0.1, 0.15) is 5.75 Å². The Morgan fingerprint density at radius 1 is 0.650 bits per heavy atom. The summed E-state index contributed by atoms with van der Waals surface area (Å²) in [6.45, 7) is 0. The van der Waals surface area contributed by atoms with Crippen LogP contribution in [0.5, 0.6) is 17.2 Å². The van der Waals surface area contributed by atoms with E-state index in [1.165, 1.54) is 0 Å². The molecule has 0 N–H and O–H groups in total. The summed E-state index contributed by atoms with van der Waals surface area (Å²) in [5.74, 6) is 2.03. The Morgan fingerprint density at radius 3 is 1.75 bits per heavy atom. The number of nitrogens with zero attached hydrogens (tertiary/aromatic N) is 2. The second kappa shape index (κ2) is 4.85. The molecule has 0 atom stereocenters. The van der Waals surface area contributed by atoms with Crippen molar-refractivity contribution in [2.75, 3.05) is 21.3 Å². The molecule has 0 fully saturated rings. The summed E-state index contributed by atoms with van der Waals surface area (Å²) in [6, 6.07) is 9.25. The molecule has 0 saturated carbocycles. The first-order valence-corrected chi connectivity index (χ1v) is 6.12. The molecule has 0 aliphatic heterocycles. The highest BCUT2D eigenvalue weighted by molar-refractivity contribution is 5.88. The molecule has 5 nitrogen and oxygen atoms in total. The molecule has 0 aliphatic carbocycles. The van der Waals surface area contributed by atoms with E-state index in [1.54, 1.807) is 21.3 Å². The molecule has 1 aromatic heterocycles. The maximum Gasteiger partial charge on any atom is 0.163 e. The van der Waals surface area contributed by atoms with Crippen LogP contribution in [0.15, 0.2) is 30.3 Å². The molecule has 0 bridgehead atoms. The Balaban J connectivity index is 2.29. The lowest BCUT2D eigenvalue weighted by Crippen LogP contribution is -1.94. The summed E-state index contributed by atoms with van der Waals surface area (Å²) in [6.07, 6.45) is 0. The number of rotatable bonds is 3. The van der Waals surface area contributed by atoms with Crippen LogP contribution in [-0.4, -0.2) is 31.3 Å². The maximum absolute atomic E-state index is 5.28. The van der Waals surface area contributed by atoms with Gasteiger partial charge in [-0.25, -0.2) is 9.97 Å². The van der Waals surface area contributed by atoms with Crippen molar-refractivity contribution >= 4 is 22.1 Å². The van der Waals surface area contributed by atoms with Gasteiger partial charge in [0.15, 0.2) is 11.5 Å². The lowest BCUT2D eigenvalue weighted by molar-refractivity contribution is 0.355. The van der Waals surface area contributed by atoms with Crippen molar-refractivity contribution in [2.24, 2.45) is 0 Å². The van der Waals surface area contributed by atoms with E-state index in [4.69, 9.17) is 14.2 Å². The first-order valence-electron chi connectivity index (χ1n) is 6.12. The van der Waals surface area contributed by atoms with Crippen LogP contribution in [0.2, 0.25) is 0 Å². The van der Waals surface area contributed by atoms with Crippen LogP contribution < -0.4 is 14.2 Å². The lowest BCUT2D eigenvalue weighted by atomic mass is 10.2. The molecule has 0 radical (unpaired) electrons. The molecular formula is C15H14N2O3. The van der Waals surface area contributed by atoms with E-state index in [-0.39, 0.29) is 0 Å². The minimum atomic E-state index is 0.636. The van der Waals surface area contributed by atoms with E-state index in [1.807, 2.05) is 30.3 Å². The highest BCUT2D eigenvalue weighted by atomic mass is 16.5. The normalized spacial score (nSPS) is 10.8. The summed E-state index contributed by atoms with van der Waals surface area (Å²) in [5, 5.41) is 0. The summed E-state index contributed by atoms with van der Waals surface area (Å²) < 4.78 is 15.8. The van der Waals surface area contributed by atoms with Crippen LogP contribution in [0.25, 0.3) is 22.1 Å². The fourth-order valence-electron chi connectivity index (χ4n) is 2.11. The van der Waals surface area contributed by atoms with Crippen LogP contribution in [0.4, 0.5) is 0 Å². The predicted molar refractivity (Wildman–Crippen MR) is 76.7 cm³/mol. The van der Waals surface area contributed by atoms with Crippen LogP contribution in [0.3, 0.4) is 0 Å². The third-order valence-electron chi connectivity index (χ3n) is 3.15. The molecule has 3 aromatic rings. The molecule has 102 valence electrons. The SMILES string of the molecule is COc1ccc2nc3cc(OC)c(OC)cc3nc2c1. The van der Waals surface area contributed by atoms with Gasteiger partial charge in [-0.1, -0.05) is 0 Å². The van der Waals surface area contributed by atoms with E-state index in [9.17, 15) is 0 Å². The minimum absolute atomic E-state index is 0.636. The van der Waals surface area contributed by atoms with Gasteiger partial charge in [0.25, 0.3) is 0 Å². The fraction of sp³-hybridized carbons (Fsp3) is 0.200. The van der Waals surface area contributed by atoms with Crippen molar-refractivity contribution in [3.05, 3.63) is 30.3 Å². The first-order chi connectivity index (χ1) is 9.75. The van der Waals surface area contributed by atoms with Gasteiger partial charge in [0.05, 0.1) is 43.4 Å². The van der Waals surface area contributed by atoms with E-state index in [2.05, 4.69) is 9.97 Å². The maximum atomic E-state index is 5.28. The Bertz CT molecular complexity index is 787. The second-order valence-electron chi connectivity index (χ2n) is 4.27. The summed E-state index contributed by atoms with van der Waals surface area (Å²) in [7, 11) is 4.83. The van der Waals surface area contributed by atoms with Crippen LogP contribution in [0, 0.1) is 0 Å². The summed E-state index contributed by atoms with van der Waals surface area (Å²) >= 11 is 0. The smallest absolute Gasteiger partial charge is 0.163 e. The molecule has 1 heterocycles. The highest BCUT2D eigenvalue weighted by Crippen LogP contribution is 2.31. The average molecular weight is 270 g/mol. The Labute approximate surface area is 116 Å². The molecule has 0 amide bonds. The van der Waals surface area contributed by atoms with Gasteiger partial charge in [0, 0.05) is 18.2 Å². The lowest BCUT2D eigenvalue weighted by Gasteiger charge is -2.09. The monoisotopic (exact) mass is 270 g/mol. The van der Waals surface area contributed by atoms with Crippen molar-refractivity contribution in [2.45, 2.75) is 0 Å². The molecule has 0 aliphatic rings.